The number of benzene rings is 2. The van der Waals surface area contributed by atoms with Crippen molar-refractivity contribution in [3.8, 4) is 5.75 Å². The lowest BCUT2D eigenvalue weighted by Crippen LogP contribution is -2.13. The highest BCUT2D eigenvalue weighted by Gasteiger charge is 2.19. The smallest absolute Gasteiger partial charge is 0.263 e. The fourth-order valence-corrected chi connectivity index (χ4v) is 3.48. The van der Waals surface area contributed by atoms with Crippen LogP contribution in [0.5, 0.6) is 5.75 Å². The molecule has 0 atom stereocenters. The molecule has 0 aromatic heterocycles. The first-order chi connectivity index (χ1) is 9.83. The molecule has 0 spiro atoms. The number of methoxy groups -OCH3 is 1. The van der Waals surface area contributed by atoms with Crippen LogP contribution in [-0.2, 0) is 10.0 Å². The number of halogens is 2. The van der Waals surface area contributed by atoms with Gasteiger partial charge in [-0.2, -0.15) is 0 Å². The second-order valence-electron chi connectivity index (χ2n) is 4.14. The van der Waals surface area contributed by atoms with Gasteiger partial charge in [-0.1, -0.05) is 23.2 Å². The molecule has 0 aliphatic carbocycles. The van der Waals surface area contributed by atoms with Crippen LogP contribution in [0.3, 0.4) is 0 Å². The molecular formula is C13H12Cl2N2O3S. The summed E-state index contributed by atoms with van der Waals surface area (Å²) in [6.07, 6.45) is 0. The number of sulfonamides is 1. The molecular weight excluding hydrogens is 335 g/mol. The monoisotopic (exact) mass is 346 g/mol. The van der Waals surface area contributed by atoms with Crippen LogP contribution in [0.25, 0.3) is 0 Å². The van der Waals surface area contributed by atoms with Crippen LogP contribution >= 0.6 is 23.2 Å². The first kappa shape index (κ1) is 15.8. The second kappa shape index (κ2) is 6.01. The molecule has 3 N–H and O–H groups in total. The molecule has 0 radical (unpaired) electrons. The summed E-state index contributed by atoms with van der Waals surface area (Å²) in [6, 6.07) is 8.74. The van der Waals surface area contributed by atoms with Gasteiger partial charge < -0.3 is 10.5 Å². The van der Waals surface area contributed by atoms with Crippen LogP contribution in [-0.4, -0.2) is 15.5 Å². The summed E-state index contributed by atoms with van der Waals surface area (Å²) < 4.78 is 32.1. The van der Waals surface area contributed by atoms with Crippen molar-refractivity contribution in [2.75, 3.05) is 17.6 Å². The van der Waals surface area contributed by atoms with Gasteiger partial charge in [0, 0.05) is 11.1 Å². The van der Waals surface area contributed by atoms with Gasteiger partial charge in [-0.3, -0.25) is 4.72 Å². The van der Waals surface area contributed by atoms with Crippen LogP contribution in [0, 0.1) is 0 Å². The van der Waals surface area contributed by atoms with E-state index >= 15 is 0 Å². The molecule has 0 aliphatic rings. The molecule has 0 bridgehead atoms. The van der Waals surface area contributed by atoms with Crippen molar-refractivity contribution in [1.82, 2.24) is 0 Å². The summed E-state index contributed by atoms with van der Waals surface area (Å²) in [5.41, 5.74) is 6.38. The van der Waals surface area contributed by atoms with Gasteiger partial charge in [-0.15, -0.1) is 0 Å². The number of ether oxygens (including phenoxy) is 1. The van der Waals surface area contributed by atoms with Crippen molar-refractivity contribution in [1.29, 1.82) is 0 Å². The number of hydrogen-bond donors (Lipinski definition) is 2. The average molecular weight is 347 g/mol. The van der Waals surface area contributed by atoms with Gasteiger partial charge in [0.2, 0.25) is 0 Å². The summed E-state index contributed by atoms with van der Waals surface area (Å²) >= 11 is 11.7. The van der Waals surface area contributed by atoms with Crippen LogP contribution in [0.4, 0.5) is 11.4 Å². The number of anilines is 2. The maximum atomic E-state index is 12.3. The number of nitrogens with two attached hydrogens (primary N) is 1. The number of nitrogen functional groups attached to an aromatic ring is 1. The third-order valence-corrected chi connectivity index (χ3v) is 4.77. The first-order valence-corrected chi connectivity index (χ1v) is 7.99. The summed E-state index contributed by atoms with van der Waals surface area (Å²) in [4.78, 5) is -0.104. The topological polar surface area (TPSA) is 81.4 Å². The zero-order valence-corrected chi connectivity index (χ0v) is 13.3. The third-order valence-electron chi connectivity index (χ3n) is 2.67. The number of nitrogens with one attached hydrogen (secondary N) is 1. The van der Waals surface area contributed by atoms with E-state index in [1.807, 2.05) is 0 Å². The SMILES string of the molecule is COc1cc(NS(=O)(=O)c2cc(Cl)ccc2Cl)ccc1N. The van der Waals surface area contributed by atoms with Gasteiger partial charge in [0.25, 0.3) is 10.0 Å². The lowest BCUT2D eigenvalue weighted by Gasteiger charge is -2.12. The number of rotatable bonds is 4. The van der Waals surface area contributed by atoms with Gasteiger partial charge in [0.1, 0.15) is 10.6 Å². The minimum Gasteiger partial charge on any atom is -0.495 e. The Morgan fingerprint density at radius 2 is 1.86 bits per heavy atom. The van der Waals surface area contributed by atoms with E-state index in [0.717, 1.165) is 0 Å². The van der Waals surface area contributed by atoms with Crippen molar-refractivity contribution in [3.63, 3.8) is 0 Å². The summed E-state index contributed by atoms with van der Waals surface area (Å²) in [6.45, 7) is 0. The predicted octanol–water partition coefficient (Wildman–Crippen LogP) is 3.39. The minimum atomic E-state index is -3.87. The molecule has 0 saturated heterocycles. The van der Waals surface area contributed by atoms with Crippen LogP contribution in [0.1, 0.15) is 0 Å². The van der Waals surface area contributed by atoms with E-state index < -0.39 is 10.0 Å². The van der Waals surface area contributed by atoms with E-state index in [-0.39, 0.29) is 14.9 Å². The fourth-order valence-electron chi connectivity index (χ4n) is 1.67. The predicted molar refractivity (Wildman–Crippen MR) is 84.7 cm³/mol. The van der Waals surface area contributed by atoms with Crippen LogP contribution in [0.15, 0.2) is 41.3 Å². The van der Waals surface area contributed by atoms with Gasteiger partial charge in [-0.05, 0) is 30.3 Å². The number of hydrogen-bond acceptors (Lipinski definition) is 4. The van der Waals surface area contributed by atoms with Gasteiger partial charge in [0.05, 0.1) is 23.5 Å². The third kappa shape index (κ3) is 3.53. The van der Waals surface area contributed by atoms with Crippen molar-refractivity contribution >= 4 is 44.6 Å². The molecule has 2 rings (SSSR count). The Morgan fingerprint density at radius 3 is 2.52 bits per heavy atom. The summed E-state index contributed by atoms with van der Waals surface area (Å²) in [5, 5.41) is 0.351. The minimum absolute atomic E-state index is 0.0781. The largest absolute Gasteiger partial charge is 0.495 e. The molecule has 2 aromatic carbocycles. The molecule has 0 fully saturated rings. The van der Waals surface area contributed by atoms with Crippen LogP contribution in [0.2, 0.25) is 10.0 Å². The van der Waals surface area contributed by atoms with Gasteiger partial charge >= 0.3 is 0 Å². The molecule has 0 saturated carbocycles. The van der Waals surface area contributed by atoms with Gasteiger partial charge in [-0.25, -0.2) is 8.42 Å². The fraction of sp³-hybridized carbons (Fsp3) is 0.0769. The molecule has 112 valence electrons. The van der Waals surface area contributed by atoms with Gasteiger partial charge in [0.15, 0.2) is 0 Å². The Bertz CT molecular complexity index is 779. The molecule has 0 aliphatic heterocycles. The molecule has 8 heteroatoms. The van der Waals surface area contributed by atoms with E-state index in [4.69, 9.17) is 33.7 Å². The Hall–Kier alpha value is -1.63. The molecule has 0 amide bonds. The van der Waals surface area contributed by atoms with E-state index in [1.165, 1.54) is 43.5 Å². The summed E-state index contributed by atoms with van der Waals surface area (Å²) in [7, 11) is -2.42. The quantitative estimate of drug-likeness (QED) is 0.831. The summed E-state index contributed by atoms with van der Waals surface area (Å²) in [5.74, 6) is 0.368. The molecule has 21 heavy (non-hydrogen) atoms. The molecule has 5 nitrogen and oxygen atoms in total. The average Bonchev–Trinajstić information content (AvgIpc) is 2.43. The standard InChI is InChI=1S/C13H12Cl2N2O3S/c1-20-12-7-9(3-5-11(12)16)17-21(18,19)13-6-8(14)2-4-10(13)15/h2-7,17H,16H2,1H3. The van der Waals surface area contributed by atoms with Crippen molar-refractivity contribution in [2.24, 2.45) is 0 Å². The maximum Gasteiger partial charge on any atom is 0.263 e. The Labute approximate surface area is 132 Å². The van der Waals surface area contributed by atoms with Crippen LogP contribution < -0.4 is 15.2 Å². The Morgan fingerprint density at radius 1 is 1.14 bits per heavy atom. The highest BCUT2D eigenvalue weighted by atomic mass is 35.5. The van der Waals surface area contributed by atoms with Crippen molar-refractivity contribution in [3.05, 3.63) is 46.4 Å². The lowest BCUT2D eigenvalue weighted by atomic mass is 10.2. The van der Waals surface area contributed by atoms with Crippen molar-refractivity contribution in [2.45, 2.75) is 4.90 Å². The zero-order valence-electron chi connectivity index (χ0n) is 10.9. The molecule has 0 unspecified atom stereocenters. The highest BCUT2D eigenvalue weighted by Crippen LogP contribution is 2.29. The van der Waals surface area contributed by atoms with Crippen molar-refractivity contribution < 1.29 is 13.2 Å². The lowest BCUT2D eigenvalue weighted by molar-refractivity contribution is 0.417. The Balaban J connectivity index is 2.40. The maximum absolute atomic E-state index is 12.3. The molecule has 2 aromatic rings. The zero-order chi connectivity index (χ0) is 15.6. The highest BCUT2D eigenvalue weighted by molar-refractivity contribution is 7.92. The van der Waals surface area contributed by atoms with E-state index in [9.17, 15) is 8.42 Å². The van der Waals surface area contributed by atoms with E-state index in [0.29, 0.717) is 17.1 Å². The van der Waals surface area contributed by atoms with E-state index in [1.54, 1.807) is 0 Å². The normalized spacial score (nSPS) is 11.2. The first-order valence-electron chi connectivity index (χ1n) is 5.75. The Kier molecular flexibility index (Phi) is 4.51. The molecule has 0 heterocycles. The second-order valence-corrected chi connectivity index (χ2v) is 6.63. The van der Waals surface area contributed by atoms with E-state index in [2.05, 4.69) is 4.72 Å².